The molecule has 0 bridgehead atoms. The highest BCUT2D eigenvalue weighted by Crippen LogP contribution is 2.49. The van der Waals surface area contributed by atoms with E-state index < -0.39 is 0 Å². The third-order valence-corrected chi connectivity index (χ3v) is 7.28. The normalized spacial score (nSPS) is 21.6. The number of hydrogen-bond acceptors (Lipinski definition) is 5. The monoisotopic (exact) mass is 464 g/mol. The van der Waals surface area contributed by atoms with Gasteiger partial charge in [0, 0.05) is 17.0 Å². The minimum Gasteiger partial charge on any atom is -0.383 e. The summed E-state index contributed by atoms with van der Waals surface area (Å²) in [6, 6.07) is 12.7. The average molecular weight is 465 g/mol. The fourth-order valence-corrected chi connectivity index (χ4v) is 5.22. The first kappa shape index (κ1) is 19.3. The fraction of sp³-hybridized carbons (Fsp3) is 0.348. The van der Waals surface area contributed by atoms with Crippen LogP contribution in [0.15, 0.2) is 47.2 Å². The zero-order valence-corrected chi connectivity index (χ0v) is 18.6. The topological polar surface area (TPSA) is 95.1 Å². The van der Waals surface area contributed by atoms with Crippen LogP contribution < -0.4 is 11.5 Å². The lowest BCUT2D eigenvalue weighted by molar-refractivity contribution is 0.303. The largest absolute Gasteiger partial charge is 0.383 e. The Morgan fingerprint density at radius 2 is 2.03 bits per heavy atom. The molecule has 0 aliphatic heterocycles. The Morgan fingerprint density at radius 3 is 2.90 bits per heavy atom. The quantitative estimate of drug-likeness (QED) is 0.437. The Balaban J connectivity index is 1.31. The summed E-state index contributed by atoms with van der Waals surface area (Å²) in [5.41, 5.74) is 16.7. The van der Waals surface area contributed by atoms with Gasteiger partial charge in [0.2, 0.25) is 0 Å². The van der Waals surface area contributed by atoms with Crippen LogP contribution in [0.5, 0.6) is 0 Å². The maximum absolute atomic E-state index is 6.00. The zero-order valence-electron chi connectivity index (χ0n) is 17.0. The predicted molar refractivity (Wildman–Crippen MR) is 124 cm³/mol. The van der Waals surface area contributed by atoms with Crippen molar-refractivity contribution in [3.05, 3.63) is 58.5 Å². The standard InChI is InChI=1S/C23H25BrN6/c1-23(8-6-14-2-3-15-11-17(24)21(25)29-18(15)10-14)9-7-16(12-23)19-4-5-20-22(26)27-13-28-30(19)20/h2-5,10-11,13,16H,6-9,12H2,1H3,(H2,25,29)(H2,26,27,28)/t16?,23-/m1/s1. The van der Waals surface area contributed by atoms with Crippen molar-refractivity contribution in [2.45, 2.75) is 44.9 Å². The number of halogens is 1. The van der Waals surface area contributed by atoms with Crippen molar-refractivity contribution in [3.8, 4) is 0 Å². The second-order valence-electron chi connectivity index (χ2n) is 8.83. The summed E-state index contributed by atoms with van der Waals surface area (Å²) < 4.78 is 2.81. The van der Waals surface area contributed by atoms with Crippen LogP contribution in [0.3, 0.4) is 0 Å². The second kappa shape index (κ2) is 7.23. The lowest BCUT2D eigenvalue weighted by Gasteiger charge is -2.24. The fourth-order valence-electron chi connectivity index (χ4n) is 4.89. The van der Waals surface area contributed by atoms with Gasteiger partial charge >= 0.3 is 0 Å². The molecule has 7 heteroatoms. The lowest BCUT2D eigenvalue weighted by atomic mass is 9.81. The Morgan fingerprint density at radius 1 is 1.17 bits per heavy atom. The number of aryl methyl sites for hydroxylation is 1. The van der Waals surface area contributed by atoms with E-state index in [0.717, 1.165) is 40.2 Å². The molecule has 154 valence electrons. The third-order valence-electron chi connectivity index (χ3n) is 6.64. The van der Waals surface area contributed by atoms with Crippen LogP contribution in [-0.4, -0.2) is 19.6 Å². The van der Waals surface area contributed by atoms with E-state index in [9.17, 15) is 0 Å². The number of anilines is 2. The molecule has 0 radical (unpaired) electrons. The Labute approximate surface area is 183 Å². The highest BCUT2D eigenvalue weighted by molar-refractivity contribution is 9.10. The number of hydrogen-bond donors (Lipinski definition) is 2. The molecule has 1 saturated carbocycles. The molecular weight excluding hydrogens is 440 g/mol. The van der Waals surface area contributed by atoms with Crippen molar-refractivity contribution in [1.82, 2.24) is 19.6 Å². The summed E-state index contributed by atoms with van der Waals surface area (Å²) in [6.45, 7) is 2.42. The van der Waals surface area contributed by atoms with Crippen molar-refractivity contribution in [3.63, 3.8) is 0 Å². The summed E-state index contributed by atoms with van der Waals surface area (Å²) in [7, 11) is 0. The molecular formula is C23H25BrN6. The van der Waals surface area contributed by atoms with Gasteiger partial charge in [-0.3, -0.25) is 0 Å². The summed E-state index contributed by atoms with van der Waals surface area (Å²) in [4.78, 5) is 8.62. The van der Waals surface area contributed by atoms with Crippen molar-refractivity contribution < 1.29 is 0 Å². The van der Waals surface area contributed by atoms with Crippen LogP contribution in [-0.2, 0) is 6.42 Å². The Kier molecular flexibility index (Phi) is 4.65. The minimum absolute atomic E-state index is 0.314. The number of nitrogens with zero attached hydrogens (tertiary/aromatic N) is 4. The van der Waals surface area contributed by atoms with Crippen molar-refractivity contribution in [2.24, 2.45) is 5.41 Å². The summed E-state index contributed by atoms with van der Waals surface area (Å²) in [5.74, 6) is 1.57. The van der Waals surface area contributed by atoms with Gasteiger partial charge in [-0.2, -0.15) is 5.10 Å². The Hall–Kier alpha value is -2.67. The number of pyridine rings is 1. The van der Waals surface area contributed by atoms with Gasteiger partial charge in [0.25, 0.3) is 0 Å². The summed E-state index contributed by atoms with van der Waals surface area (Å²) in [5, 5.41) is 5.54. The maximum Gasteiger partial charge on any atom is 0.151 e. The van der Waals surface area contributed by atoms with E-state index >= 15 is 0 Å². The van der Waals surface area contributed by atoms with E-state index in [2.05, 4.69) is 62.2 Å². The number of benzene rings is 1. The van der Waals surface area contributed by atoms with Gasteiger partial charge in [-0.25, -0.2) is 14.5 Å². The molecule has 3 aromatic heterocycles. The summed E-state index contributed by atoms with van der Waals surface area (Å²) in [6.07, 6.45) is 7.30. The molecule has 1 aromatic carbocycles. The van der Waals surface area contributed by atoms with E-state index in [1.54, 1.807) is 6.33 Å². The van der Waals surface area contributed by atoms with Crippen LogP contribution in [0.2, 0.25) is 0 Å². The maximum atomic E-state index is 6.00. The Bertz CT molecular complexity index is 1250. The first-order valence-corrected chi connectivity index (χ1v) is 11.1. The van der Waals surface area contributed by atoms with E-state index in [-0.39, 0.29) is 0 Å². The van der Waals surface area contributed by atoms with Gasteiger partial charge in [-0.1, -0.05) is 19.1 Å². The highest BCUT2D eigenvalue weighted by Gasteiger charge is 2.36. The van der Waals surface area contributed by atoms with Crippen LogP contribution in [0.4, 0.5) is 11.6 Å². The van der Waals surface area contributed by atoms with E-state index in [4.69, 9.17) is 11.5 Å². The molecule has 4 N–H and O–H groups in total. The van der Waals surface area contributed by atoms with Crippen LogP contribution >= 0.6 is 15.9 Å². The molecule has 30 heavy (non-hydrogen) atoms. The molecule has 0 saturated heterocycles. The number of fused-ring (bicyclic) bond motifs is 2. The smallest absolute Gasteiger partial charge is 0.151 e. The molecule has 1 aliphatic carbocycles. The number of aromatic nitrogens is 4. The van der Waals surface area contributed by atoms with Crippen molar-refractivity contribution in [1.29, 1.82) is 0 Å². The molecule has 3 heterocycles. The first-order chi connectivity index (χ1) is 14.4. The molecule has 2 atom stereocenters. The molecule has 1 fully saturated rings. The van der Waals surface area contributed by atoms with Crippen molar-refractivity contribution in [2.75, 3.05) is 11.5 Å². The minimum atomic E-state index is 0.314. The molecule has 6 nitrogen and oxygen atoms in total. The van der Waals surface area contributed by atoms with E-state index in [1.165, 1.54) is 24.1 Å². The number of nitrogen functional groups attached to an aromatic ring is 2. The average Bonchev–Trinajstić information content (AvgIpc) is 3.32. The molecule has 5 rings (SSSR count). The van der Waals surface area contributed by atoms with Crippen LogP contribution in [0, 0.1) is 5.41 Å². The SMILES string of the molecule is C[C@@]1(CCc2ccc3cc(Br)c(N)nc3c2)CCC(c2ccc3c(N)ncnn23)C1. The molecule has 1 aliphatic rings. The number of rotatable bonds is 4. The van der Waals surface area contributed by atoms with E-state index in [1.807, 2.05) is 16.6 Å². The van der Waals surface area contributed by atoms with E-state index in [0.29, 0.717) is 23.0 Å². The van der Waals surface area contributed by atoms with Gasteiger partial charge in [-0.05, 0) is 83.3 Å². The van der Waals surface area contributed by atoms with Gasteiger partial charge in [0.15, 0.2) is 5.82 Å². The predicted octanol–water partition coefficient (Wildman–Crippen LogP) is 5.11. The van der Waals surface area contributed by atoms with Gasteiger partial charge in [0.05, 0.1) is 9.99 Å². The zero-order chi connectivity index (χ0) is 20.9. The van der Waals surface area contributed by atoms with Crippen LogP contribution in [0.25, 0.3) is 16.4 Å². The number of nitrogens with two attached hydrogens (primary N) is 2. The van der Waals surface area contributed by atoms with Gasteiger partial charge < -0.3 is 11.5 Å². The van der Waals surface area contributed by atoms with Gasteiger partial charge in [-0.15, -0.1) is 0 Å². The summed E-state index contributed by atoms with van der Waals surface area (Å²) >= 11 is 3.45. The highest BCUT2D eigenvalue weighted by atomic mass is 79.9. The van der Waals surface area contributed by atoms with Crippen LogP contribution in [0.1, 0.15) is 49.8 Å². The third kappa shape index (κ3) is 3.41. The first-order valence-electron chi connectivity index (χ1n) is 10.3. The molecule has 1 unspecified atom stereocenters. The van der Waals surface area contributed by atoms with Gasteiger partial charge in [0.1, 0.15) is 17.7 Å². The molecule has 4 aromatic rings. The second-order valence-corrected chi connectivity index (χ2v) is 9.69. The van der Waals surface area contributed by atoms with Crippen molar-refractivity contribution >= 4 is 44.0 Å². The molecule has 0 spiro atoms. The lowest BCUT2D eigenvalue weighted by Crippen LogP contribution is -2.13. The molecule has 0 amide bonds.